The van der Waals surface area contributed by atoms with Gasteiger partial charge in [0.05, 0.1) is 17.7 Å². The molecule has 1 aliphatic heterocycles. The fourth-order valence-electron chi connectivity index (χ4n) is 6.90. The number of anilines is 2. The van der Waals surface area contributed by atoms with Crippen LogP contribution < -0.4 is 14.5 Å². The molecule has 0 fully saturated rings. The van der Waals surface area contributed by atoms with Crippen LogP contribution in [0.15, 0.2) is 146 Å². The average Bonchev–Trinajstić information content (AvgIpc) is 3.75. The number of fused-ring (bicyclic) bond motifs is 3. The van der Waals surface area contributed by atoms with E-state index in [4.69, 9.17) is 9.72 Å². The van der Waals surface area contributed by atoms with Gasteiger partial charge in [-0.3, -0.25) is 4.57 Å². The molecule has 0 saturated carbocycles. The first kappa shape index (κ1) is 32.4. The van der Waals surface area contributed by atoms with E-state index >= 15 is 0 Å². The van der Waals surface area contributed by atoms with Crippen molar-refractivity contribution < 1.29 is 4.74 Å². The normalized spacial score (nSPS) is 13.5. The number of pyridine rings is 1. The summed E-state index contributed by atoms with van der Waals surface area (Å²) in [6.07, 6.45) is 6.19. The Morgan fingerprint density at radius 2 is 1.20 bits per heavy atom. The summed E-state index contributed by atoms with van der Waals surface area (Å²) in [5, 5.41) is 2.40. The zero-order valence-electron chi connectivity index (χ0n) is 30.3. The van der Waals surface area contributed by atoms with E-state index in [1.165, 1.54) is 33.0 Å². The fourth-order valence-corrected chi connectivity index (χ4v) is 6.90. The highest BCUT2D eigenvalue weighted by Crippen LogP contribution is 2.38. The lowest BCUT2D eigenvalue weighted by Gasteiger charge is -2.22. The maximum Gasteiger partial charge on any atom is 0.137 e. The molecule has 5 heteroatoms. The summed E-state index contributed by atoms with van der Waals surface area (Å²) in [5.74, 6) is 2.48. The van der Waals surface area contributed by atoms with Crippen LogP contribution in [0.3, 0.4) is 0 Å². The summed E-state index contributed by atoms with van der Waals surface area (Å²) in [5.41, 5.74) is 9.44. The van der Waals surface area contributed by atoms with E-state index in [2.05, 4.69) is 190 Å². The van der Waals surface area contributed by atoms with Crippen LogP contribution in [0.25, 0.3) is 38.8 Å². The number of rotatable bonds is 6. The minimum absolute atomic E-state index is 0.00288. The van der Waals surface area contributed by atoms with Crippen LogP contribution in [0.2, 0.25) is 0 Å². The minimum Gasteiger partial charge on any atom is -0.457 e. The van der Waals surface area contributed by atoms with Crippen LogP contribution >= 0.6 is 0 Å². The summed E-state index contributed by atoms with van der Waals surface area (Å²) < 4.78 is 8.89. The SMILES string of the molecule is CC(C)(C)c1ccnc(-n2c3ccc(C(C)(C)C)cc3c3ccc(Oc4cccc(N5C=CN(c6cccc(-c7ccccc7)c6)C5)c4)cc32)c1. The maximum atomic E-state index is 6.61. The van der Waals surface area contributed by atoms with Gasteiger partial charge in [-0.1, -0.05) is 96.1 Å². The van der Waals surface area contributed by atoms with Crippen LogP contribution in [0.4, 0.5) is 11.4 Å². The highest BCUT2D eigenvalue weighted by Gasteiger charge is 2.21. The van der Waals surface area contributed by atoms with E-state index in [-0.39, 0.29) is 10.8 Å². The Bertz CT molecular complexity index is 2410. The van der Waals surface area contributed by atoms with Crippen LogP contribution in [-0.2, 0) is 10.8 Å². The minimum atomic E-state index is 0.00288. The molecular weight excluding hydrogens is 625 g/mol. The van der Waals surface area contributed by atoms with Gasteiger partial charge in [-0.2, -0.15) is 0 Å². The molecule has 1 aliphatic rings. The second-order valence-electron chi connectivity index (χ2n) is 15.5. The van der Waals surface area contributed by atoms with Gasteiger partial charge in [-0.05, 0) is 93.7 Å². The summed E-state index contributed by atoms with van der Waals surface area (Å²) in [6.45, 7) is 14.2. The average molecular weight is 669 g/mol. The van der Waals surface area contributed by atoms with Crippen molar-refractivity contribution in [2.24, 2.45) is 0 Å². The largest absolute Gasteiger partial charge is 0.457 e. The molecule has 254 valence electrons. The van der Waals surface area contributed by atoms with Gasteiger partial charge in [0.1, 0.15) is 17.3 Å². The molecule has 51 heavy (non-hydrogen) atoms. The first-order chi connectivity index (χ1) is 24.5. The standard InChI is InChI=1S/C46H44N4O/c1-45(2,3)34-18-21-42-41(27-34)40-20-19-39(30-43(40)50(42)44-28-35(22-23-47-44)46(4,5)6)51-38-17-11-16-37(29-38)49-25-24-48(31-49)36-15-10-14-33(26-36)32-12-8-7-9-13-32/h7-30H,31H2,1-6H3. The Labute approximate surface area is 301 Å². The van der Waals surface area contributed by atoms with Crippen molar-refractivity contribution in [3.05, 3.63) is 157 Å². The van der Waals surface area contributed by atoms with E-state index in [1.807, 2.05) is 12.3 Å². The van der Waals surface area contributed by atoms with E-state index < -0.39 is 0 Å². The van der Waals surface area contributed by atoms with Crippen molar-refractivity contribution in [1.82, 2.24) is 9.55 Å². The smallest absolute Gasteiger partial charge is 0.137 e. The number of benzene rings is 5. The van der Waals surface area contributed by atoms with Crippen LogP contribution in [0.5, 0.6) is 11.5 Å². The molecule has 0 radical (unpaired) electrons. The summed E-state index contributed by atoms with van der Waals surface area (Å²) in [4.78, 5) is 9.39. The number of aromatic nitrogens is 2. The fraction of sp³-hybridized carbons (Fsp3) is 0.196. The lowest BCUT2D eigenvalue weighted by atomic mass is 9.86. The molecule has 0 saturated heterocycles. The molecule has 5 aromatic carbocycles. The molecule has 0 aliphatic carbocycles. The molecule has 0 N–H and O–H groups in total. The van der Waals surface area contributed by atoms with Gasteiger partial charge >= 0.3 is 0 Å². The third kappa shape index (κ3) is 6.36. The highest BCUT2D eigenvalue weighted by molar-refractivity contribution is 6.09. The summed E-state index contributed by atoms with van der Waals surface area (Å²) >= 11 is 0. The number of nitrogens with zero attached hydrogens (tertiary/aromatic N) is 4. The Morgan fingerprint density at radius 1 is 0.529 bits per heavy atom. The lowest BCUT2D eigenvalue weighted by molar-refractivity contribution is 0.483. The Hall–Kier alpha value is -5.81. The molecule has 0 spiro atoms. The van der Waals surface area contributed by atoms with Gasteiger partial charge < -0.3 is 14.5 Å². The first-order valence-corrected chi connectivity index (χ1v) is 17.7. The molecule has 0 unspecified atom stereocenters. The van der Waals surface area contributed by atoms with E-state index in [0.29, 0.717) is 6.67 Å². The van der Waals surface area contributed by atoms with Gasteiger partial charge in [-0.25, -0.2) is 4.98 Å². The maximum absolute atomic E-state index is 6.61. The van der Waals surface area contributed by atoms with E-state index in [9.17, 15) is 0 Å². The Morgan fingerprint density at radius 3 is 1.94 bits per heavy atom. The van der Waals surface area contributed by atoms with E-state index in [1.54, 1.807) is 0 Å². The van der Waals surface area contributed by atoms with Crippen molar-refractivity contribution in [3.63, 3.8) is 0 Å². The van der Waals surface area contributed by atoms with Crippen molar-refractivity contribution in [3.8, 4) is 28.4 Å². The van der Waals surface area contributed by atoms with E-state index in [0.717, 1.165) is 39.7 Å². The van der Waals surface area contributed by atoms with Crippen molar-refractivity contribution in [1.29, 1.82) is 0 Å². The molecule has 0 bridgehead atoms. The zero-order chi connectivity index (χ0) is 35.3. The third-order valence-corrected chi connectivity index (χ3v) is 9.85. The molecule has 3 heterocycles. The molecule has 0 amide bonds. The molecule has 5 nitrogen and oxygen atoms in total. The van der Waals surface area contributed by atoms with Crippen molar-refractivity contribution in [2.45, 2.75) is 52.4 Å². The monoisotopic (exact) mass is 668 g/mol. The first-order valence-electron chi connectivity index (χ1n) is 17.7. The molecule has 0 atom stereocenters. The summed E-state index contributed by atoms with van der Waals surface area (Å²) in [7, 11) is 0. The summed E-state index contributed by atoms with van der Waals surface area (Å²) in [6, 6.07) is 45.1. The van der Waals surface area contributed by atoms with Crippen LogP contribution in [0.1, 0.15) is 52.7 Å². The zero-order valence-corrected chi connectivity index (χ0v) is 30.3. The number of hydrogen-bond acceptors (Lipinski definition) is 4. The van der Waals surface area contributed by atoms with Gasteiger partial charge in [0, 0.05) is 52.9 Å². The predicted molar refractivity (Wildman–Crippen MR) is 213 cm³/mol. The van der Waals surface area contributed by atoms with Crippen molar-refractivity contribution >= 4 is 33.2 Å². The molecule has 7 aromatic rings. The van der Waals surface area contributed by atoms with Crippen molar-refractivity contribution in [2.75, 3.05) is 16.5 Å². The Kier molecular flexibility index (Phi) is 7.94. The molecule has 2 aromatic heterocycles. The van der Waals surface area contributed by atoms with Crippen LogP contribution in [0, 0.1) is 0 Å². The number of ether oxygens (including phenoxy) is 1. The predicted octanol–water partition coefficient (Wildman–Crippen LogP) is 12.0. The second kappa shape index (κ2) is 12.5. The van der Waals surface area contributed by atoms with Gasteiger partial charge in [0.2, 0.25) is 0 Å². The topological polar surface area (TPSA) is 33.5 Å². The van der Waals surface area contributed by atoms with Gasteiger partial charge in [0.25, 0.3) is 0 Å². The van der Waals surface area contributed by atoms with Gasteiger partial charge in [-0.15, -0.1) is 0 Å². The number of hydrogen-bond donors (Lipinski definition) is 0. The Balaban J connectivity index is 1.11. The highest BCUT2D eigenvalue weighted by atomic mass is 16.5. The molecule has 8 rings (SSSR count). The lowest BCUT2D eigenvalue weighted by Crippen LogP contribution is -2.24. The van der Waals surface area contributed by atoms with Gasteiger partial charge in [0.15, 0.2) is 0 Å². The van der Waals surface area contributed by atoms with Crippen LogP contribution in [-0.4, -0.2) is 16.2 Å². The third-order valence-electron chi connectivity index (χ3n) is 9.85. The molecular formula is C46H44N4O. The second-order valence-corrected chi connectivity index (χ2v) is 15.5. The quantitative estimate of drug-likeness (QED) is 0.177.